The molecule has 1 heterocycles. The second kappa shape index (κ2) is 5.29. The Bertz CT molecular complexity index is 276. The standard InChI is InChI=1S/C13H19N2/c1-14-9-11-15(12-10-14)8-7-13-5-3-2-4-6-13/h2-6H,1,7-12H2/q-1. The molecule has 0 aromatic heterocycles. The second-order valence-electron chi connectivity index (χ2n) is 4.20. The molecule has 0 unspecified atom stereocenters. The van der Waals surface area contributed by atoms with Crippen molar-refractivity contribution in [1.82, 2.24) is 9.80 Å². The van der Waals surface area contributed by atoms with Crippen molar-refractivity contribution in [2.24, 2.45) is 0 Å². The number of hydrogen-bond donors (Lipinski definition) is 0. The summed E-state index contributed by atoms with van der Waals surface area (Å²) in [5.41, 5.74) is 1.44. The van der Waals surface area contributed by atoms with Crippen LogP contribution in [0.2, 0.25) is 0 Å². The molecule has 0 radical (unpaired) electrons. The van der Waals surface area contributed by atoms with Crippen molar-refractivity contribution in [3.8, 4) is 0 Å². The highest BCUT2D eigenvalue weighted by Gasteiger charge is 2.09. The lowest BCUT2D eigenvalue weighted by Crippen LogP contribution is -2.44. The van der Waals surface area contributed by atoms with Crippen LogP contribution in [-0.2, 0) is 6.42 Å². The molecule has 0 atom stereocenters. The van der Waals surface area contributed by atoms with Gasteiger partial charge in [-0.25, -0.2) is 0 Å². The van der Waals surface area contributed by atoms with E-state index in [-0.39, 0.29) is 0 Å². The Morgan fingerprint density at radius 2 is 1.67 bits per heavy atom. The van der Waals surface area contributed by atoms with Crippen LogP contribution in [0.25, 0.3) is 0 Å². The van der Waals surface area contributed by atoms with Crippen molar-refractivity contribution >= 4 is 0 Å². The maximum Gasteiger partial charge on any atom is 0.00858 e. The molecule has 2 nitrogen and oxygen atoms in total. The summed E-state index contributed by atoms with van der Waals surface area (Å²) in [4.78, 5) is 4.67. The van der Waals surface area contributed by atoms with Crippen LogP contribution < -0.4 is 0 Å². The summed E-state index contributed by atoms with van der Waals surface area (Å²) in [6.45, 7) is 5.72. The summed E-state index contributed by atoms with van der Waals surface area (Å²) in [7, 11) is 3.96. The highest BCUT2D eigenvalue weighted by Crippen LogP contribution is 2.04. The smallest absolute Gasteiger partial charge is 0.00858 e. The molecular weight excluding hydrogens is 184 g/mol. The molecule has 2 heteroatoms. The Hall–Kier alpha value is -0.860. The second-order valence-corrected chi connectivity index (χ2v) is 4.20. The SMILES string of the molecule is [CH2-]N1CCN(CCc2ccccc2)CC1. The van der Waals surface area contributed by atoms with E-state index in [9.17, 15) is 0 Å². The Balaban J connectivity index is 1.74. The van der Waals surface area contributed by atoms with Gasteiger partial charge in [0, 0.05) is 19.6 Å². The third-order valence-corrected chi connectivity index (χ3v) is 3.02. The van der Waals surface area contributed by atoms with Crippen molar-refractivity contribution < 1.29 is 0 Å². The zero-order valence-corrected chi connectivity index (χ0v) is 9.23. The first kappa shape index (κ1) is 10.7. The molecule has 1 aromatic carbocycles. The van der Waals surface area contributed by atoms with Crippen LogP contribution in [0.15, 0.2) is 30.3 Å². The van der Waals surface area contributed by atoms with Gasteiger partial charge >= 0.3 is 0 Å². The van der Waals surface area contributed by atoms with Gasteiger partial charge in [-0.15, -0.1) is 0 Å². The Kier molecular flexibility index (Phi) is 3.75. The van der Waals surface area contributed by atoms with Gasteiger partial charge < -0.3 is 9.80 Å². The molecule has 0 bridgehead atoms. The minimum atomic E-state index is 1.11. The van der Waals surface area contributed by atoms with Crippen LogP contribution in [0.1, 0.15) is 5.56 Å². The van der Waals surface area contributed by atoms with E-state index in [1.54, 1.807) is 0 Å². The van der Waals surface area contributed by atoms with Crippen molar-refractivity contribution in [1.29, 1.82) is 0 Å². The van der Waals surface area contributed by atoms with Gasteiger partial charge in [-0.3, -0.25) is 7.05 Å². The molecule has 2 rings (SSSR count). The minimum Gasteiger partial charge on any atom is -0.457 e. The predicted molar refractivity (Wildman–Crippen MR) is 63.5 cm³/mol. The summed E-state index contributed by atoms with van der Waals surface area (Å²) in [5, 5.41) is 0. The van der Waals surface area contributed by atoms with E-state index >= 15 is 0 Å². The van der Waals surface area contributed by atoms with Crippen molar-refractivity contribution in [3.05, 3.63) is 42.9 Å². The lowest BCUT2D eigenvalue weighted by atomic mass is 10.1. The number of hydrogen-bond acceptors (Lipinski definition) is 2. The monoisotopic (exact) mass is 203 g/mol. The average molecular weight is 203 g/mol. The third kappa shape index (κ3) is 3.33. The van der Waals surface area contributed by atoms with Crippen LogP contribution in [0.4, 0.5) is 0 Å². The minimum absolute atomic E-state index is 1.11. The molecule has 0 N–H and O–H groups in total. The number of rotatable bonds is 3. The van der Waals surface area contributed by atoms with E-state index in [1.165, 1.54) is 12.1 Å². The largest absolute Gasteiger partial charge is 0.457 e. The molecule has 1 aliphatic heterocycles. The first-order chi connectivity index (χ1) is 7.34. The van der Waals surface area contributed by atoms with Crippen molar-refractivity contribution in [2.75, 3.05) is 32.7 Å². The van der Waals surface area contributed by atoms with E-state index in [0.717, 1.165) is 32.6 Å². The molecule has 15 heavy (non-hydrogen) atoms. The van der Waals surface area contributed by atoms with Gasteiger partial charge in [0.1, 0.15) is 0 Å². The highest BCUT2D eigenvalue weighted by atomic mass is 15.2. The predicted octanol–water partition coefficient (Wildman–Crippen LogP) is 1.64. The quantitative estimate of drug-likeness (QED) is 0.689. The fourth-order valence-corrected chi connectivity index (χ4v) is 1.94. The highest BCUT2D eigenvalue weighted by molar-refractivity contribution is 5.14. The molecule has 82 valence electrons. The maximum atomic E-state index is 3.96. The zero-order valence-electron chi connectivity index (χ0n) is 9.23. The molecule has 1 fully saturated rings. The molecule has 0 aliphatic carbocycles. The van der Waals surface area contributed by atoms with Crippen LogP contribution in [-0.4, -0.2) is 42.5 Å². The van der Waals surface area contributed by atoms with Crippen LogP contribution >= 0.6 is 0 Å². The molecule has 0 spiro atoms. The molecule has 1 aliphatic rings. The Labute approximate surface area is 92.5 Å². The lowest BCUT2D eigenvalue weighted by molar-refractivity contribution is 0.168. The Morgan fingerprint density at radius 1 is 1.00 bits per heavy atom. The average Bonchev–Trinajstić information content (AvgIpc) is 2.30. The summed E-state index contributed by atoms with van der Waals surface area (Å²) in [6.07, 6.45) is 1.16. The summed E-state index contributed by atoms with van der Waals surface area (Å²) < 4.78 is 0. The molecule has 0 amide bonds. The normalized spacial score (nSPS) is 19.3. The van der Waals surface area contributed by atoms with Gasteiger partial charge in [-0.2, -0.15) is 0 Å². The van der Waals surface area contributed by atoms with E-state index < -0.39 is 0 Å². The third-order valence-electron chi connectivity index (χ3n) is 3.02. The fourth-order valence-electron chi connectivity index (χ4n) is 1.94. The van der Waals surface area contributed by atoms with Crippen molar-refractivity contribution in [2.45, 2.75) is 6.42 Å². The summed E-state index contributed by atoms with van der Waals surface area (Å²) >= 11 is 0. The van der Waals surface area contributed by atoms with Crippen LogP contribution in [0, 0.1) is 7.05 Å². The van der Waals surface area contributed by atoms with Gasteiger partial charge in [0.15, 0.2) is 0 Å². The van der Waals surface area contributed by atoms with Gasteiger partial charge in [0.25, 0.3) is 0 Å². The maximum absolute atomic E-state index is 3.96. The number of nitrogens with zero attached hydrogens (tertiary/aromatic N) is 2. The van der Waals surface area contributed by atoms with Crippen LogP contribution in [0.3, 0.4) is 0 Å². The number of benzene rings is 1. The topological polar surface area (TPSA) is 6.48 Å². The van der Waals surface area contributed by atoms with Crippen molar-refractivity contribution in [3.63, 3.8) is 0 Å². The fraction of sp³-hybridized carbons (Fsp3) is 0.462. The Morgan fingerprint density at radius 3 is 2.33 bits per heavy atom. The van der Waals surface area contributed by atoms with E-state index in [1.807, 2.05) is 0 Å². The molecule has 0 saturated carbocycles. The first-order valence-corrected chi connectivity index (χ1v) is 5.66. The molecule has 1 saturated heterocycles. The summed E-state index contributed by atoms with van der Waals surface area (Å²) in [6, 6.07) is 10.7. The number of piperazine rings is 1. The molecular formula is C13H19N2-. The molecule has 1 aromatic rings. The van der Waals surface area contributed by atoms with Gasteiger partial charge in [0.05, 0.1) is 0 Å². The van der Waals surface area contributed by atoms with Crippen LogP contribution in [0.5, 0.6) is 0 Å². The van der Waals surface area contributed by atoms with Gasteiger partial charge in [-0.05, 0) is 25.1 Å². The van der Waals surface area contributed by atoms with E-state index in [4.69, 9.17) is 0 Å². The first-order valence-electron chi connectivity index (χ1n) is 5.66. The lowest BCUT2D eigenvalue weighted by Gasteiger charge is -2.37. The van der Waals surface area contributed by atoms with Gasteiger partial charge in [-0.1, -0.05) is 30.3 Å². The van der Waals surface area contributed by atoms with Gasteiger partial charge in [0.2, 0.25) is 0 Å². The summed E-state index contributed by atoms with van der Waals surface area (Å²) in [5.74, 6) is 0. The van der Waals surface area contributed by atoms with E-state index in [2.05, 4.69) is 47.2 Å². The zero-order chi connectivity index (χ0) is 10.5. The van der Waals surface area contributed by atoms with E-state index in [0.29, 0.717) is 0 Å².